The highest BCUT2D eigenvalue weighted by Crippen LogP contribution is 2.41. The van der Waals surface area contributed by atoms with Crippen molar-refractivity contribution in [2.75, 3.05) is 0 Å². The zero-order valence-electron chi connectivity index (χ0n) is 26.2. The lowest BCUT2D eigenvalue weighted by Gasteiger charge is -2.23. The van der Waals surface area contributed by atoms with E-state index in [-0.39, 0.29) is 22.9 Å². The SMILES string of the molecule is [2H]C([2H])([2H])c1nc(-c2cc(C(C)(C)C)c3ccccc3c2)c2c(n1)oc1c2ccc2cccc(C([2H])([2H])C(C)C)c21. The Kier molecular flexibility index (Phi) is 4.01. The predicted octanol–water partition coefficient (Wildman–Crippen LogP) is 9.15. The van der Waals surface area contributed by atoms with E-state index in [1.807, 2.05) is 56.3 Å². The van der Waals surface area contributed by atoms with Crippen LogP contribution >= 0.6 is 0 Å². The molecule has 2 aromatic heterocycles. The Morgan fingerprint density at radius 1 is 0.889 bits per heavy atom. The number of hydrogen-bond donors (Lipinski definition) is 0. The summed E-state index contributed by atoms with van der Waals surface area (Å²) in [5, 5.41) is 5.00. The summed E-state index contributed by atoms with van der Waals surface area (Å²) >= 11 is 0. The molecule has 0 N–H and O–H groups in total. The number of rotatable bonds is 3. The van der Waals surface area contributed by atoms with Crippen molar-refractivity contribution in [3.8, 4) is 11.3 Å². The lowest BCUT2D eigenvalue weighted by Crippen LogP contribution is -2.12. The minimum Gasteiger partial charge on any atom is -0.437 e. The predicted molar refractivity (Wildman–Crippen MR) is 152 cm³/mol. The molecule has 0 saturated carbocycles. The molecule has 36 heavy (non-hydrogen) atoms. The topological polar surface area (TPSA) is 38.9 Å². The summed E-state index contributed by atoms with van der Waals surface area (Å²) < 4.78 is 48.6. The van der Waals surface area contributed by atoms with Crippen LogP contribution in [0.25, 0.3) is 54.9 Å². The van der Waals surface area contributed by atoms with E-state index in [4.69, 9.17) is 11.3 Å². The van der Waals surface area contributed by atoms with Crippen molar-refractivity contribution in [3.05, 3.63) is 83.7 Å². The first-order valence-corrected chi connectivity index (χ1v) is 12.4. The standard InChI is InChI=1S/C33H32N2O/c1-19(2)16-23-12-9-11-21-14-15-26-29-30(34-20(3)35-32(29)36-31(26)28(21)23)24-17-22-10-7-8-13-25(22)27(18-24)33(4,5)6/h7-15,17-19H,16H2,1-6H3/i3D3,16D2. The number of furan rings is 1. The van der Waals surface area contributed by atoms with Crippen molar-refractivity contribution in [2.45, 2.75) is 53.3 Å². The lowest BCUT2D eigenvalue weighted by atomic mass is 9.82. The van der Waals surface area contributed by atoms with Crippen LogP contribution in [0.4, 0.5) is 0 Å². The molecule has 0 aliphatic heterocycles. The summed E-state index contributed by atoms with van der Waals surface area (Å²) in [6.45, 7) is 7.64. The summed E-state index contributed by atoms with van der Waals surface area (Å²) in [5.41, 5.74) is 3.39. The van der Waals surface area contributed by atoms with Gasteiger partial charge in [0.05, 0.1) is 11.1 Å². The zero-order chi connectivity index (χ0) is 29.5. The number of hydrogen-bond acceptors (Lipinski definition) is 3. The van der Waals surface area contributed by atoms with E-state index in [2.05, 4.69) is 48.9 Å². The molecular weight excluding hydrogens is 440 g/mol. The molecule has 0 aliphatic carbocycles. The summed E-state index contributed by atoms with van der Waals surface area (Å²) in [7, 11) is 0. The summed E-state index contributed by atoms with van der Waals surface area (Å²) in [4.78, 5) is 9.07. The van der Waals surface area contributed by atoms with E-state index in [9.17, 15) is 0 Å². The molecule has 0 aliphatic rings. The fourth-order valence-corrected chi connectivity index (χ4v) is 5.21. The van der Waals surface area contributed by atoms with Crippen molar-refractivity contribution in [1.82, 2.24) is 9.97 Å². The molecule has 0 fully saturated rings. The first-order valence-electron chi connectivity index (χ1n) is 14.9. The van der Waals surface area contributed by atoms with E-state index in [0.717, 1.165) is 32.7 Å². The molecule has 3 nitrogen and oxygen atoms in total. The second-order valence-electron chi connectivity index (χ2n) is 10.8. The Bertz CT molecular complexity index is 1980. The Labute approximate surface area is 219 Å². The minimum atomic E-state index is -2.55. The van der Waals surface area contributed by atoms with Crippen molar-refractivity contribution in [2.24, 2.45) is 5.92 Å². The van der Waals surface area contributed by atoms with E-state index >= 15 is 0 Å². The number of aryl methyl sites for hydroxylation is 1. The Balaban J connectivity index is 1.78. The first-order chi connectivity index (χ1) is 19.2. The van der Waals surface area contributed by atoms with Crippen LogP contribution in [0.15, 0.2) is 71.1 Å². The molecule has 6 rings (SSSR count). The smallest absolute Gasteiger partial charge is 0.231 e. The molecular formula is C33H32N2O. The van der Waals surface area contributed by atoms with Gasteiger partial charge in [-0.05, 0) is 70.0 Å². The van der Waals surface area contributed by atoms with Gasteiger partial charge in [0.2, 0.25) is 5.71 Å². The van der Waals surface area contributed by atoms with Gasteiger partial charge in [-0.3, -0.25) is 0 Å². The maximum Gasteiger partial charge on any atom is 0.231 e. The van der Waals surface area contributed by atoms with Crippen LogP contribution in [0.3, 0.4) is 0 Å². The van der Waals surface area contributed by atoms with Crippen LogP contribution < -0.4 is 0 Å². The normalized spacial score (nSPS) is 15.3. The number of nitrogens with zero attached hydrogens (tertiary/aromatic N) is 2. The molecule has 6 aromatic rings. The van der Waals surface area contributed by atoms with Crippen LogP contribution in [0, 0.1) is 12.8 Å². The van der Waals surface area contributed by atoms with Crippen LogP contribution in [-0.2, 0) is 11.8 Å². The van der Waals surface area contributed by atoms with Gasteiger partial charge in [0, 0.05) is 23.2 Å². The molecule has 2 heterocycles. The fourth-order valence-electron chi connectivity index (χ4n) is 5.21. The third-order valence-electron chi connectivity index (χ3n) is 6.73. The van der Waals surface area contributed by atoms with Gasteiger partial charge in [-0.25, -0.2) is 4.98 Å². The average Bonchev–Trinajstić information content (AvgIpc) is 3.29. The molecule has 3 heteroatoms. The minimum absolute atomic E-state index is 0.175. The summed E-state index contributed by atoms with van der Waals surface area (Å²) in [6.07, 6.45) is -1.62. The molecule has 0 bridgehead atoms. The highest BCUT2D eigenvalue weighted by Gasteiger charge is 2.22. The van der Waals surface area contributed by atoms with Gasteiger partial charge in [0.25, 0.3) is 0 Å². The van der Waals surface area contributed by atoms with Crippen molar-refractivity contribution in [3.63, 3.8) is 0 Å². The second kappa shape index (κ2) is 8.16. The zero-order valence-corrected chi connectivity index (χ0v) is 21.2. The lowest BCUT2D eigenvalue weighted by molar-refractivity contribution is 0.596. The number of aromatic nitrogens is 2. The van der Waals surface area contributed by atoms with Gasteiger partial charge in [-0.15, -0.1) is 0 Å². The average molecular weight is 478 g/mol. The quantitative estimate of drug-likeness (QED) is 0.255. The molecule has 0 amide bonds. The maximum atomic E-state index is 8.89. The first kappa shape index (κ1) is 17.7. The van der Waals surface area contributed by atoms with Gasteiger partial charge in [-0.2, -0.15) is 4.98 Å². The molecule has 0 unspecified atom stereocenters. The van der Waals surface area contributed by atoms with Crippen molar-refractivity contribution in [1.29, 1.82) is 0 Å². The van der Waals surface area contributed by atoms with E-state index < -0.39 is 13.2 Å². The molecule has 0 radical (unpaired) electrons. The molecule has 0 saturated heterocycles. The van der Waals surface area contributed by atoms with E-state index in [1.54, 1.807) is 6.07 Å². The summed E-state index contributed by atoms with van der Waals surface area (Å²) in [5.74, 6) is -0.565. The van der Waals surface area contributed by atoms with E-state index in [0.29, 0.717) is 27.6 Å². The molecule has 0 spiro atoms. The second-order valence-corrected chi connectivity index (χ2v) is 10.8. The third kappa shape index (κ3) is 3.65. The summed E-state index contributed by atoms with van der Waals surface area (Å²) in [6, 6.07) is 21.8. The number of benzene rings is 4. The van der Waals surface area contributed by atoms with Gasteiger partial charge in [0.15, 0.2) is 0 Å². The van der Waals surface area contributed by atoms with Gasteiger partial charge >= 0.3 is 0 Å². The highest BCUT2D eigenvalue weighted by atomic mass is 16.3. The molecule has 180 valence electrons. The van der Waals surface area contributed by atoms with Gasteiger partial charge in [-0.1, -0.05) is 83.1 Å². The van der Waals surface area contributed by atoms with E-state index in [1.165, 1.54) is 0 Å². The van der Waals surface area contributed by atoms with Gasteiger partial charge in [0.1, 0.15) is 11.4 Å². The van der Waals surface area contributed by atoms with Crippen molar-refractivity contribution < 1.29 is 11.3 Å². The van der Waals surface area contributed by atoms with Crippen LogP contribution in [0.1, 0.15) is 58.4 Å². The Hall–Kier alpha value is -3.72. The highest BCUT2D eigenvalue weighted by molar-refractivity contribution is 6.18. The Morgan fingerprint density at radius 2 is 1.69 bits per heavy atom. The van der Waals surface area contributed by atoms with Crippen LogP contribution in [0.5, 0.6) is 0 Å². The maximum absolute atomic E-state index is 8.89. The molecule has 0 atom stereocenters. The van der Waals surface area contributed by atoms with Crippen LogP contribution in [0.2, 0.25) is 0 Å². The van der Waals surface area contributed by atoms with Crippen molar-refractivity contribution >= 4 is 43.6 Å². The monoisotopic (exact) mass is 477 g/mol. The third-order valence-corrected chi connectivity index (χ3v) is 6.73. The largest absolute Gasteiger partial charge is 0.437 e. The van der Waals surface area contributed by atoms with Gasteiger partial charge < -0.3 is 4.42 Å². The Morgan fingerprint density at radius 3 is 2.47 bits per heavy atom. The number of fused-ring (bicyclic) bond motifs is 6. The molecule has 4 aromatic carbocycles. The van der Waals surface area contributed by atoms with Crippen LogP contribution in [-0.4, -0.2) is 9.97 Å². The fraction of sp³-hybridized carbons (Fsp3) is 0.273.